The van der Waals surface area contributed by atoms with Crippen LogP contribution in [0, 0.1) is 5.41 Å². The molecule has 0 aliphatic heterocycles. The minimum atomic E-state index is -0.537. The molecule has 0 spiro atoms. The van der Waals surface area contributed by atoms with E-state index in [9.17, 15) is 4.79 Å². The lowest BCUT2D eigenvalue weighted by atomic mass is 9.87. The van der Waals surface area contributed by atoms with E-state index in [4.69, 9.17) is 5.73 Å². The van der Waals surface area contributed by atoms with Gasteiger partial charge in [0.15, 0.2) is 0 Å². The quantitative estimate of drug-likeness (QED) is 0.901. The Hall–Kier alpha value is -0.870. The summed E-state index contributed by atoms with van der Waals surface area (Å²) in [6, 6.07) is 3.44. The lowest BCUT2D eigenvalue weighted by molar-refractivity contribution is -0.135. The van der Waals surface area contributed by atoms with Gasteiger partial charge in [-0.25, -0.2) is 0 Å². The molecule has 1 amide bonds. The van der Waals surface area contributed by atoms with Gasteiger partial charge in [0.25, 0.3) is 0 Å². The number of carbonyl (C=O) groups excluding carboxylic acids is 1. The molecule has 2 unspecified atom stereocenters. The van der Waals surface area contributed by atoms with Crippen molar-refractivity contribution in [1.29, 1.82) is 0 Å². The van der Waals surface area contributed by atoms with Gasteiger partial charge in [-0.05, 0) is 23.8 Å². The van der Waals surface area contributed by atoms with Gasteiger partial charge in [-0.2, -0.15) is 0 Å². The van der Waals surface area contributed by atoms with Crippen LogP contribution in [0.5, 0.6) is 0 Å². The average molecular weight is 254 g/mol. The van der Waals surface area contributed by atoms with Crippen LogP contribution in [0.1, 0.15) is 38.6 Å². The first-order chi connectivity index (χ1) is 7.75. The Labute approximate surface area is 108 Å². The fourth-order valence-electron chi connectivity index (χ4n) is 1.58. The van der Waals surface area contributed by atoms with E-state index in [1.54, 1.807) is 4.90 Å². The summed E-state index contributed by atoms with van der Waals surface area (Å²) in [5.41, 5.74) is 6.04. The highest BCUT2D eigenvalue weighted by Crippen LogP contribution is 2.26. The van der Waals surface area contributed by atoms with Crippen molar-refractivity contribution in [3.05, 3.63) is 22.4 Å². The number of hydrogen-bond donors (Lipinski definition) is 1. The van der Waals surface area contributed by atoms with Crippen molar-refractivity contribution in [1.82, 2.24) is 4.90 Å². The van der Waals surface area contributed by atoms with Gasteiger partial charge in [-0.15, -0.1) is 11.3 Å². The first-order valence-electron chi connectivity index (χ1n) is 5.81. The molecule has 3 nitrogen and oxygen atoms in total. The molecule has 96 valence electrons. The van der Waals surface area contributed by atoms with E-state index in [-0.39, 0.29) is 17.4 Å². The smallest absolute Gasteiger partial charge is 0.244 e. The third-order valence-electron chi connectivity index (χ3n) is 3.30. The van der Waals surface area contributed by atoms with E-state index in [2.05, 4.69) is 27.7 Å². The molecule has 2 N–H and O–H groups in total. The van der Waals surface area contributed by atoms with Crippen molar-refractivity contribution >= 4 is 17.2 Å². The summed E-state index contributed by atoms with van der Waals surface area (Å²) in [6.45, 7) is 8.42. The van der Waals surface area contributed by atoms with E-state index in [1.807, 2.05) is 24.6 Å². The Morgan fingerprint density at radius 3 is 2.47 bits per heavy atom. The number of carbonyl (C=O) groups is 1. The fourth-order valence-corrected chi connectivity index (χ4v) is 2.30. The first-order valence-corrected chi connectivity index (χ1v) is 6.68. The maximum absolute atomic E-state index is 12.2. The molecule has 1 rings (SSSR count). The van der Waals surface area contributed by atoms with Crippen LogP contribution < -0.4 is 5.73 Å². The molecule has 0 saturated heterocycles. The molecule has 0 aliphatic rings. The number of nitrogens with zero attached hydrogens (tertiary/aromatic N) is 1. The summed E-state index contributed by atoms with van der Waals surface area (Å²) in [6.07, 6.45) is 0. The van der Waals surface area contributed by atoms with Gasteiger partial charge in [0, 0.05) is 18.0 Å². The fraction of sp³-hybridized carbons (Fsp3) is 0.615. The maximum Gasteiger partial charge on any atom is 0.244 e. The molecule has 1 heterocycles. The van der Waals surface area contributed by atoms with Crippen molar-refractivity contribution < 1.29 is 4.79 Å². The highest BCUT2D eigenvalue weighted by Gasteiger charge is 2.30. The van der Waals surface area contributed by atoms with Gasteiger partial charge >= 0.3 is 0 Å². The molecule has 4 heteroatoms. The van der Waals surface area contributed by atoms with Gasteiger partial charge < -0.3 is 10.6 Å². The Balaban J connectivity index is 2.77. The topological polar surface area (TPSA) is 46.3 Å². The average Bonchev–Trinajstić information content (AvgIpc) is 2.77. The van der Waals surface area contributed by atoms with E-state index >= 15 is 0 Å². The van der Waals surface area contributed by atoms with E-state index in [0.29, 0.717) is 0 Å². The SMILES string of the molecule is CC(N(C)C(=O)C(N)c1cccs1)C(C)(C)C. The molecule has 0 saturated carbocycles. The summed E-state index contributed by atoms with van der Waals surface area (Å²) < 4.78 is 0. The van der Waals surface area contributed by atoms with Crippen LogP contribution in [0.4, 0.5) is 0 Å². The second-order valence-electron chi connectivity index (χ2n) is 5.48. The van der Waals surface area contributed by atoms with Crippen LogP contribution in [0.2, 0.25) is 0 Å². The van der Waals surface area contributed by atoms with E-state index < -0.39 is 6.04 Å². The van der Waals surface area contributed by atoms with Crippen molar-refractivity contribution in [3.63, 3.8) is 0 Å². The van der Waals surface area contributed by atoms with Crippen LogP contribution in [0.25, 0.3) is 0 Å². The molecule has 0 radical (unpaired) electrons. The second kappa shape index (κ2) is 5.19. The lowest BCUT2D eigenvalue weighted by Crippen LogP contribution is -2.46. The summed E-state index contributed by atoms with van der Waals surface area (Å²) in [5.74, 6) is -0.0186. The van der Waals surface area contributed by atoms with Crippen molar-refractivity contribution in [2.75, 3.05) is 7.05 Å². The van der Waals surface area contributed by atoms with Gasteiger partial charge in [-0.3, -0.25) is 4.79 Å². The molecule has 1 aromatic rings. The summed E-state index contributed by atoms with van der Waals surface area (Å²) in [5, 5.41) is 1.94. The summed E-state index contributed by atoms with van der Waals surface area (Å²) in [4.78, 5) is 14.9. The van der Waals surface area contributed by atoms with E-state index in [1.165, 1.54) is 11.3 Å². The molecule has 0 aromatic carbocycles. The molecule has 0 aliphatic carbocycles. The zero-order valence-electron chi connectivity index (χ0n) is 11.2. The normalized spacial score (nSPS) is 15.4. The predicted molar refractivity (Wildman–Crippen MR) is 72.9 cm³/mol. The van der Waals surface area contributed by atoms with Crippen LogP contribution in [0.3, 0.4) is 0 Å². The predicted octanol–water partition coefficient (Wildman–Crippen LogP) is 2.64. The number of likely N-dealkylation sites (N-methyl/N-ethyl adjacent to an activating group) is 1. The standard InChI is InChI=1S/C13H22N2OS/c1-9(13(2,3)4)15(5)12(16)11(14)10-7-6-8-17-10/h6-9,11H,14H2,1-5H3. The molecule has 17 heavy (non-hydrogen) atoms. The van der Waals surface area contributed by atoms with Gasteiger partial charge in [0.1, 0.15) is 6.04 Å². The third kappa shape index (κ3) is 3.30. The Bertz CT molecular complexity index is 367. The maximum atomic E-state index is 12.2. The largest absolute Gasteiger partial charge is 0.341 e. The Morgan fingerprint density at radius 1 is 1.47 bits per heavy atom. The highest BCUT2D eigenvalue weighted by molar-refractivity contribution is 7.10. The van der Waals surface area contributed by atoms with Crippen LogP contribution >= 0.6 is 11.3 Å². The zero-order chi connectivity index (χ0) is 13.2. The van der Waals surface area contributed by atoms with Crippen LogP contribution in [0.15, 0.2) is 17.5 Å². The molecular formula is C13H22N2OS. The lowest BCUT2D eigenvalue weighted by Gasteiger charge is -2.36. The molecule has 0 bridgehead atoms. The highest BCUT2D eigenvalue weighted by atomic mass is 32.1. The first kappa shape index (κ1) is 14.2. The second-order valence-corrected chi connectivity index (χ2v) is 6.46. The van der Waals surface area contributed by atoms with Gasteiger partial charge in [0.05, 0.1) is 0 Å². The number of nitrogens with two attached hydrogens (primary N) is 1. The number of rotatable bonds is 3. The zero-order valence-corrected chi connectivity index (χ0v) is 12.0. The number of thiophene rings is 1. The number of hydrogen-bond acceptors (Lipinski definition) is 3. The molecule has 0 fully saturated rings. The van der Waals surface area contributed by atoms with Crippen molar-refractivity contribution in [2.45, 2.75) is 39.8 Å². The number of amides is 1. The molecular weight excluding hydrogens is 232 g/mol. The summed E-state index contributed by atoms with van der Waals surface area (Å²) in [7, 11) is 1.83. The van der Waals surface area contributed by atoms with Crippen molar-refractivity contribution in [3.8, 4) is 0 Å². The molecule has 1 aromatic heterocycles. The molecule has 2 atom stereocenters. The minimum absolute atomic E-state index is 0.0186. The Morgan fingerprint density at radius 2 is 2.06 bits per heavy atom. The third-order valence-corrected chi connectivity index (χ3v) is 4.25. The summed E-state index contributed by atoms with van der Waals surface area (Å²) >= 11 is 1.52. The van der Waals surface area contributed by atoms with Crippen LogP contribution in [-0.4, -0.2) is 23.9 Å². The van der Waals surface area contributed by atoms with Gasteiger partial charge in [0.2, 0.25) is 5.91 Å². The van der Waals surface area contributed by atoms with E-state index in [0.717, 1.165) is 4.88 Å². The van der Waals surface area contributed by atoms with Crippen molar-refractivity contribution in [2.24, 2.45) is 11.1 Å². The monoisotopic (exact) mass is 254 g/mol. The van der Waals surface area contributed by atoms with Crippen LogP contribution in [-0.2, 0) is 4.79 Å². The van der Waals surface area contributed by atoms with Gasteiger partial charge in [-0.1, -0.05) is 26.8 Å². The minimum Gasteiger partial charge on any atom is -0.341 e. The Kier molecular flexibility index (Phi) is 4.33.